The van der Waals surface area contributed by atoms with E-state index in [9.17, 15) is 4.21 Å². The molecule has 0 amide bonds. The highest BCUT2D eigenvalue weighted by atomic mass is 32.2. The van der Waals surface area contributed by atoms with Crippen molar-refractivity contribution >= 4 is 15.6 Å². The molecule has 100 valence electrons. The van der Waals surface area contributed by atoms with Crippen LogP contribution < -0.4 is 5.73 Å². The zero-order valence-electron chi connectivity index (χ0n) is 11.0. The summed E-state index contributed by atoms with van der Waals surface area (Å²) in [6, 6.07) is 7.68. The van der Waals surface area contributed by atoms with Gasteiger partial charge in [-0.05, 0) is 37.5 Å². The maximum atomic E-state index is 13.2. The molecule has 4 nitrogen and oxygen atoms in total. The molecule has 0 radical (unpaired) electrons. The Morgan fingerprint density at radius 1 is 1.50 bits per heavy atom. The monoisotopic (exact) mass is 267 g/mol. The van der Waals surface area contributed by atoms with E-state index in [1.54, 1.807) is 12.1 Å². The van der Waals surface area contributed by atoms with Gasteiger partial charge in [0.05, 0.1) is 4.90 Å². The summed E-state index contributed by atoms with van der Waals surface area (Å²) >= 11 is 0. The summed E-state index contributed by atoms with van der Waals surface area (Å²) in [5, 5.41) is 0. The van der Waals surface area contributed by atoms with Gasteiger partial charge in [0.15, 0.2) is 0 Å². The standard InChI is InChI=1S/C13H21N3OS/c1-3-9-15-18(17,16(2)12-7-8-12)13-6-4-5-11(14)10-13/h4-6,10,12H,3,7-9,14H2,1-2H3. The molecule has 1 fully saturated rings. The predicted octanol–water partition coefficient (Wildman–Crippen LogP) is 2.51. The van der Waals surface area contributed by atoms with Crippen molar-refractivity contribution in [3.8, 4) is 0 Å². The summed E-state index contributed by atoms with van der Waals surface area (Å²) in [6.45, 7) is 2.66. The Hall–Kier alpha value is -1.07. The molecule has 0 heterocycles. The number of nitrogens with zero attached hydrogens (tertiary/aromatic N) is 2. The molecule has 1 aromatic carbocycles. The van der Waals surface area contributed by atoms with Gasteiger partial charge in [-0.3, -0.25) is 0 Å². The van der Waals surface area contributed by atoms with Gasteiger partial charge in [-0.25, -0.2) is 12.9 Å². The highest BCUT2D eigenvalue weighted by Gasteiger charge is 2.33. The van der Waals surface area contributed by atoms with Crippen molar-refractivity contribution in [3.05, 3.63) is 24.3 Å². The average molecular weight is 267 g/mol. The van der Waals surface area contributed by atoms with Gasteiger partial charge in [0, 0.05) is 25.3 Å². The smallest absolute Gasteiger partial charge is 0.139 e. The fourth-order valence-corrected chi connectivity index (χ4v) is 4.12. The molecule has 2 rings (SSSR count). The van der Waals surface area contributed by atoms with E-state index in [1.807, 2.05) is 30.4 Å². The van der Waals surface area contributed by atoms with Crippen LogP contribution in [0.2, 0.25) is 0 Å². The zero-order chi connectivity index (χ0) is 13.2. The quantitative estimate of drug-likeness (QED) is 0.833. The van der Waals surface area contributed by atoms with Crippen LogP contribution in [0.25, 0.3) is 0 Å². The van der Waals surface area contributed by atoms with E-state index in [0.717, 1.165) is 24.2 Å². The second kappa shape index (κ2) is 5.28. The van der Waals surface area contributed by atoms with Crippen molar-refractivity contribution in [1.29, 1.82) is 0 Å². The van der Waals surface area contributed by atoms with Crippen LogP contribution in [0.5, 0.6) is 0 Å². The molecule has 5 heteroatoms. The molecule has 0 aromatic heterocycles. The molecule has 1 unspecified atom stereocenters. The second-order valence-electron chi connectivity index (χ2n) is 4.70. The first-order valence-corrected chi connectivity index (χ1v) is 7.86. The van der Waals surface area contributed by atoms with Crippen molar-refractivity contribution in [2.45, 2.75) is 37.1 Å². The average Bonchev–Trinajstić information content (AvgIpc) is 3.19. The molecule has 1 atom stereocenters. The van der Waals surface area contributed by atoms with Crippen molar-refractivity contribution in [1.82, 2.24) is 4.31 Å². The van der Waals surface area contributed by atoms with Crippen LogP contribution in [0.4, 0.5) is 5.69 Å². The summed E-state index contributed by atoms with van der Waals surface area (Å²) in [5.74, 6) is 0. The van der Waals surface area contributed by atoms with Gasteiger partial charge in [-0.1, -0.05) is 13.0 Å². The largest absolute Gasteiger partial charge is 0.399 e. The molecular weight excluding hydrogens is 246 g/mol. The van der Waals surface area contributed by atoms with Gasteiger partial charge in [0.2, 0.25) is 0 Å². The van der Waals surface area contributed by atoms with Crippen LogP contribution in [-0.2, 0) is 9.92 Å². The lowest BCUT2D eigenvalue weighted by molar-refractivity contribution is 0.506. The third-order valence-electron chi connectivity index (χ3n) is 3.11. The lowest BCUT2D eigenvalue weighted by atomic mass is 10.3. The molecule has 1 aliphatic carbocycles. The molecule has 0 bridgehead atoms. The predicted molar refractivity (Wildman–Crippen MR) is 75.6 cm³/mol. The first kappa shape index (κ1) is 13.4. The highest BCUT2D eigenvalue weighted by molar-refractivity contribution is 7.91. The maximum Gasteiger partial charge on any atom is 0.139 e. The van der Waals surface area contributed by atoms with Gasteiger partial charge in [0.25, 0.3) is 0 Å². The van der Waals surface area contributed by atoms with Crippen LogP contribution in [0.15, 0.2) is 33.5 Å². The summed E-state index contributed by atoms with van der Waals surface area (Å²) in [5.41, 5.74) is 6.43. The van der Waals surface area contributed by atoms with E-state index in [1.165, 1.54) is 0 Å². The minimum Gasteiger partial charge on any atom is -0.399 e. The SMILES string of the molecule is CCCN=S(=O)(c1cccc(N)c1)N(C)C1CC1. The van der Waals surface area contributed by atoms with Crippen molar-refractivity contribution in [3.63, 3.8) is 0 Å². The van der Waals surface area contributed by atoms with E-state index in [2.05, 4.69) is 4.36 Å². The van der Waals surface area contributed by atoms with E-state index in [0.29, 0.717) is 18.3 Å². The van der Waals surface area contributed by atoms with Gasteiger partial charge in [-0.2, -0.15) is 0 Å². The molecule has 1 saturated carbocycles. The topological polar surface area (TPSA) is 58.7 Å². The van der Waals surface area contributed by atoms with Crippen molar-refractivity contribution in [2.24, 2.45) is 4.36 Å². The molecule has 0 spiro atoms. The first-order chi connectivity index (χ1) is 8.58. The van der Waals surface area contributed by atoms with Crippen LogP contribution in [0.3, 0.4) is 0 Å². The number of anilines is 1. The molecule has 2 N–H and O–H groups in total. The molecule has 18 heavy (non-hydrogen) atoms. The van der Waals surface area contributed by atoms with E-state index >= 15 is 0 Å². The Kier molecular flexibility index (Phi) is 3.92. The Balaban J connectivity index is 2.44. The first-order valence-electron chi connectivity index (χ1n) is 6.39. The number of nitrogens with two attached hydrogens (primary N) is 1. The van der Waals surface area contributed by atoms with Crippen LogP contribution in [0.1, 0.15) is 26.2 Å². The fourth-order valence-electron chi connectivity index (χ4n) is 1.87. The van der Waals surface area contributed by atoms with Crippen molar-refractivity contribution in [2.75, 3.05) is 19.3 Å². The van der Waals surface area contributed by atoms with Gasteiger partial charge < -0.3 is 5.73 Å². The second-order valence-corrected chi connectivity index (χ2v) is 7.00. The Bertz CT molecular complexity index is 531. The van der Waals surface area contributed by atoms with Crippen LogP contribution in [-0.4, -0.2) is 28.1 Å². The molecule has 0 saturated heterocycles. The van der Waals surface area contributed by atoms with E-state index < -0.39 is 9.92 Å². The third-order valence-corrected chi connectivity index (χ3v) is 5.59. The van der Waals surface area contributed by atoms with Crippen LogP contribution in [0, 0.1) is 0 Å². The lowest BCUT2D eigenvalue weighted by Gasteiger charge is -2.22. The Morgan fingerprint density at radius 2 is 2.22 bits per heavy atom. The van der Waals surface area contributed by atoms with Crippen LogP contribution >= 0.6 is 0 Å². The lowest BCUT2D eigenvalue weighted by Crippen LogP contribution is -2.29. The zero-order valence-corrected chi connectivity index (χ0v) is 11.8. The number of benzene rings is 1. The third kappa shape index (κ3) is 2.67. The van der Waals surface area contributed by atoms with Gasteiger partial charge >= 0.3 is 0 Å². The summed E-state index contributed by atoms with van der Waals surface area (Å²) in [7, 11) is -0.584. The molecule has 1 aromatic rings. The maximum absolute atomic E-state index is 13.2. The minimum atomic E-state index is -2.49. The van der Waals surface area contributed by atoms with Gasteiger partial charge in [-0.15, -0.1) is 0 Å². The highest BCUT2D eigenvalue weighted by Crippen LogP contribution is 2.32. The summed E-state index contributed by atoms with van der Waals surface area (Å²) in [4.78, 5) is 0.727. The Morgan fingerprint density at radius 3 is 2.78 bits per heavy atom. The summed E-state index contributed by atoms with van der Waals surface area (Å²) in [6.07, 6.45) is 3.12. The van der Waals surface area contributed by atoms with E-state index in [-0.39, 0.29) is 0 Å². The minimum absolute atomic E-state index is 0.402. The van der Waals surface area contributed by atoms with Gasteiger partial charge in [0.1, 0.15) is 9.92 Å². The number of nitrogen functional groups attached to an aromatic ring is 1. The van der Waals surface area contributed by atoms with E-state index in [4.69, 9.17) is 5.73 Å². The van der Waals surface area contributed by atoms with Crippen molar-refractivity contribution < 1.29 is 4.21 Å². The molecule has 1 aliphatic rings. The number of rotatable bonds is 5. The number of hydrogen-bond donors (Lipinski definition) is 1. The number of hydrogen-bond acceptors (Lipinski definition) is 3. The molecular formula is C13H21N3OS. The normalized spacial score (nSPS) is 18.6. The molecule has 0 aliphatic heterocycles. The fraction of sp³-hybridized carbons (Fsp3) is 0.538. The summed E-state index contributed by atoms with van der Waals surface area (Å²) < 4.78 is 19.6. The Labute approximate surface area is 109 Å².